The molecule has 0 aliphatic heterocycles. The molecule has 4 aliphatic carbocycles. The third-order valence-corrected chi connectivity index (χ3v) is 8.27. The molecular weight excluding hydrogens is 376 g/mol. The molecule has 2 fully saturated rings. The van der Waals surface area contributed by atoms with Crippen molar-refractivity contribution < 1.29 is 19.4 Å². The first-order valence-electron chi connectivity index (χ1n) is 10.3. The van der Waals surface area contributed by atoms with E-state index in [0.29, 0.717) is 18.3 Å². The Morgan fingerprint density at radius 2 is 2.18 bits per heavy atom. The minimum atomic E-state index is -0.461. The maximum Gasteiger partial charge on any atom is 0.302 e. The highest BCUT2D eigenvalue weighted by molar-refractivity contribution is 6.22. The normalized spacial score (nSPS) is 42.7. The number of ether oxygens (including phenoxy) is 1. The summed E-state index contributed by atoms with van der Waals surface area (Å²) in [6.07, 6.45) is 10.7. The van der Waals surface area contributed by atoms with Crippen LogP contribution in [0.5, 0.6) is 0 Å². The number of hydrogen-bond acceptors (Lipinski definition) is 4. The third kappa shape index (κ3) is 2.91. The molecule has 0 bridgehead atoms. The van der Waals surface area contributed by atoms with Gasteiger partial charge < -0.3 is 9.84 Å². The number of alkyl halides is 1. The molecule has 0 amide bonds. The standard InChI is InChI=1S/C23H29ClO4/c1-13(25)28-12-19(24)18-7-6-17-16-5-4-14-10-15(26)8-9-22(14,2)21(16)20(27)11-23(17,18)3/h7-10,16-17,19-21,27H,4-6,11-12H2,1-3H3/t16-,17-,19-,20+,21+,22+,23-/m1/s1. The van der Waals surface area contributed by atoms with Gasteiger partial charge in [-0.3, -0.25) is 9.59 Å². The van der Waals surface area contributed by atoms with Crippen molar-refractivity contribution in [2.75, 3.05) is 6.61 Å². The van der Waals surface area contributed by atoms with E-state index in [9.17, 15) is 14.7 Å². The molecule has 5 heteroatoms. The predicted molar refractivity (Wildman–Crippen MR) is 108 cm³/mol. The van der Waals surface area contributed by atoms with Crippen molar-refractivity contribution in [3.05, 3.63) is 35.5 Å². The zero-order valence-electron chi connectivity index (χ0n) is 16.8. The smallest absolute Gasteiger partial charge is 0.302 e. The molecule has 0 aromatic heterocycles. The first-order chi connectivity index (χ1) is 13.2. The summed E-state index contributed by atoms with van der Waals surface area (Å²) in [6, 6.07) is 0. The monoisotopic (exact) mass is 404 g/mol. The van der Waals surface area contributed by atoms with Crippen LogP contribution < -0.4 is 0 Å². The number of allylic oxidation sites excluding steroid dienone is 5. The molecule has 7 atom stereocenters. The van der Waals surface area contributed by atoms with E-state index in [1.807, 2.05) is 6.08 Å². The van der Waals surface area contributed by atoms with Gasteiger partial charge in [0.2, 0.25) is 0 Å². The van der Waals surface area contributed by atoms with Gasteiger partial charge in [0.15, 0.2) is 5.78 Å². The van der Waals surface area contributed by atoms with Crippen LogP contribution in [-0.4, -0.2) is 34.9 Å². The molecular formula is C23H29ClO4. The first kappa shape index (κ1) is 19.9. The number of rotatable bonds is 3. The van der Waals surface area contributed by atoms with Crippen molar-refractivity contribution >= 4 is 23.4 Å². The summed E-state index contributed by atoms with van der Waals surface area (Å²) in [6.45, 7) is 5.96. The summed E-state index contributed by atoms with van der Waals surface area (Å²) in [5, 5.41) is 10.9. The first-order valence-corrected chi connectivity index (χ1v) is 10.7. The van der Waals surface area contributed by atoms with Gasteiger partial charge in [-0.1, -0.05) is 31.6 Å². The summed E-state index contributed by atoms with van der Waals surface area (Å²) in [5.41, 5.74) is 1.84. The molecule has 0 heterocycles. The van der Waals surface area contributed by atoms with Crippen LogP contribution in [0.15, 0.2) is 35.5 Å². The Bertz CT molecular complexity index is 796. The van der Waals surface area contributed by atoms with E-state index in [2.05, 4.69) is 19.9 Å². The highest BCUT2D eigenvalue weighted by atomic mass is 35.5. The molecule has 0 aromatic carbocycles. The summed E-state index contributed by atoms with van der Waals surface area (Å²) in [5.74, 6) is 0.637. The summed E-state index contributed by atoms with van der Waals surface area (Å²) < 4.78 is 5.15. The molecule has 152 valence electrons. The molecule has 0 radical (unpaired) electrons. The molecule has 2 saturated carbocycles. The fourth-order valence-electron chi connectivity index (χ4n) is 6.69. The molecule has 4 aliphatic rings. The maximum absolute atomic E-state index is 11.9. The van der Waals surface area contributed by atoms with Gasteiger partial charge in [-0.25, -0.2) is 0 Å². The molecule has 28 heavy (non-hydrogen) atoms. The Hall–Kier alpha value is -1.39. The molecule has 4 rings (SSSR count). The number of aliphatic hydroxyl groups is 1. The Kier molecular flexibility index (Phi) is 4.86. The van der Waals surface area contributed by atoms with Crippen LogP contribution >= 0.6 is 11.6 Å². The Labute approximate surface area is 171 Å². The lowest BCUT2D eigenvalue weighted by Crippen LogP contribution is -2.55. The zero-order valence-corrected chi connectivity index (χ0v) is 17.5. The van der Waals surface area contributed by atoms with Crippen molar-refractivity contribution in [3.63, 3.8) is 0 Å². The zero-order chi connectivity index (χ0) is 20.3. The van der Waals surface area contributed by atoms with Crippen LogP contribution in [0.3, 0.4) is 0 Å². The van der Waals surface area contributed by atoms with Crippen molar-refractivity contribution in [3.8, 4) is 0 Å². The number of aliphatic hydroxyl groups excluding tert-OH is 1. The summed E-state index contributed by atoms with van der Waals surface area (Å²) in [7, 11) is 0. The van der Waals surface area contributed by atoms with Crippen molar-refractivity contribution in [1.82, 2.24) is 0 Å². The van der Waals surface area contributed by atoms with E-state index in [4.69, 9.17) is 16.3 Å². The molecule has 0 unspecified atom stereocenters. The van der Waals surface area contributed by atoms with Gasteiger partial charge in [-0.15, -0.1) is 11.6 Å². The minimum Gasteiger partial charge on any atom is -0.464 e. The lowest BCUT2D eigenvalue weighted by Gasteiger charge is -2.58. The quantitative estimate of drug-likeness (QED) is 0.439. The number of hydrogen-bond donors (Lipinski definition) is 1. The predicted octanol–water partition coefficient (Wildman–Crippen LogP) is 3.97. The number of halogens is 1. The number of carbonyl (C=O) groups is 2. The van der Waals surface area contributed by atoms with Gasteiger partial charge in [0.05, 0.1) is 11.5 Å². The number of esters is 1. The van der Waals surface area contributed by atoms with Gasteiger partial charge in [0, 0.05) is 18.3 Å². The average Bonchev–Trinajstić information content (AvgIpc) is 2.96. The number of ketones is 1. The fourth-order valence-corrected chi connectivity index (χ4v) is 7.09. The van der Waals surface area contributed by atoms with Crippen molar-refractivity contribution in [1.29, 1.82) is 0 Å². The van der Waals surface area contributed by atoms with Crippen LogP contribution in [-0.2, 0) is 14.3 Å². The number of fused-ring (bicyclic) bond motifs is 5. The third-order valence-electron chi connectivity index (χ3n) is 7.91. The second-order valence-corrected chi connectivity index (χ2v) is 9.90. The second-order valence-electron chi connectivity index (χ2n) is 9.38. The largest absolute Gasteiger partial charge is 0.464 e. The van der Waals surface area contributed by atoms with E-state index < -0.39 is 6.10 Å². The van der Waals surface area contributed by atoms with Crippen molar-refractivity contribution in [2.24, 2.45) is 28.6 Å². The van der Waals surface area contributed by atoms with E-state index in [0.717, 1.165) is 24.8 Å². The van der Waals surface area contributed by atoms with E-state index in [1.54, 1.807) is 12.2 Å². The van der Waals surface area contributed by atoms with Crippen LogP contribution in [0, 0.1) is 28.6 Å². The molecule has 0 saturated heterocycles. The lowest BCUT2D eigenvalue weighted by atomic mass is 9.47. The fraction of sp³-hybridized carbons (Fsp3) is 0.652. The second kappa shape index (κ2) is 6.84. The molecule has 4 nitrogen and oxygen atoms in total. The number of carbonyl (C=O) groups excluding carboxylic acids is 2. The average molecular weight is 405 g/mol. The highest BCUT2D eigenvalue weighted by Crippen LogP contribution is 2.65. The topological polar surface area (TPSA) is 63.6 Å². The van der Waals surface area contributed by atoms with Crippen molar-refractivity contribution in [2.45, 2.75) is 57.9 Å². The van der Waals surface area contributed by atoms with Gasteiger partial charge in [0.1, 0.15) is 6.61 Å². The van der Waals surface area contributed by atoms with Crippen LogP contribution in [0.25, 0.3) is 0 Å². The molecule has 0 spiro atoms. The Balaban J connectivity index is 1.62. The van der Waals surface area contributed by atoms with E-state index >= 15 is 0 Å². The van der Waals surface area contributed by atoms with Gasteiger partial charge in [-0.05, 0) is 60.7 Å². The van der Waals surface area contributed by atoms with E-state index in [-0.39, 0.29) is 40.5 Å². The highest BCUT2D eigenvalue weighted by Gasteiger charge is 2.60. The van der Waals surface area contributed by atoms with Gasteiger partial charge in [-0.2, -0.15) is 0 Å². The lowest BCUT2D eigenvalue weighted by molar-refractivity contribution is -0.141. The SMILES string of the molecule is CC(=O)OC[C@@H](Cl)C1=CC[C@@H]2[C@H]3CCC4=CC(=O)C=C[C@]4(C)[C@@H]3[C@@H](O)C[C@@]12C. The van der Waals surface area contributed by atoms with Gasteiger partial charge in [0.25, 0.3) is 0 Å². The summed E-state index contributed by atoms with van der Waals surface area (Å²) in [4.78, 5) is 23.1. The summed E-state index contributed by atoms with van der Waals surface area (Å²) >= 11 is 6.63. The minimum absolute atomic E-state index is 0.0568. The molecule has 0 aromatic rings. The van der Waals surface area contributed by atoms with Crippen LogP contribution in [0.2, 0.25) is 0 Å². The van der Waals surface area contributed by atoms with E-state index in [1.165, 1.54) is 12.5 Å². The van der Waals surface area contributed by atoms with Crippen LogP contribution in [0.4, 0.5) is 0 Å². The van der Waals surface area contributed by atoms with Crippen LogP contribution in [0.1, 0.15) is 46.5 Å². The Morgan fingerprint density at radius 3 is 2.89 bits per heavy atom. The van der Waals surface area contributed by atoms with Gasteiger partial charge >= 0.3 is 5.97 Å². The Morgan fingerprint density at radius 1 is 1.43 bits per heavy atom. The maximum atomic E-state index is 11.9. The molecule has 1 N–H and O–H groups in total.